The van der Waals surface area contributed by atoms with E-state index in [0.717, 1.165) is 11.1 Å². The Bertz CT molecular complexity index is 792. The molecule has 1 heterocycles. The summed E-state index contributed by atoms with van der Waals surface area (Å²) in [5, 5.41) is 2.89. The molecular formula is C20H21FN2O2. The second kappa shape index (κ2) is 7.05. The summed E-state index contributed by atoms with van der Waals surface area (Å²) in [6.45, 7) is 4.07. The molecule has 2 aromatic carbocycles. The highest BCUT2D eigenvalue weighted by molar-refractivity contribution is 6.09. The van der Waals surface area contributed by atoms with Gasteiger partial charge in [-0.3, -0.25) is 9.59 Å². The van der Waals surface area contributed by atoms with Crippen LogP contribution in [0.15, 0.2) is 48.5 Å². The predicted octanol–water partition coefficient (Wildman–Crippen LogP) is 3.36. The Labute approximate surface area is 146 Å². The summed E-state index contributed by atoms with van der Waals surface area (Å²) in [7, 11) is 0. The van der Waals surface area contributed by atoms with Gasteiger partial charge in [-0.2, -0.15) is 0 Å². The summed E-state index contributed by atoms with van der Waals surface area (Å²) in [4.78, 5) is 26.5. The first-order valence-corrected chi connectivity index (χ1v) is 8.40. The molecule has 2 amide bonds. The van der Waals surface area contributed by atoms with Crippen LogP contribution in [-0.2, 0) is 9.59 Å². The lowest BCUT2D eigenvalue weighted by molar-refractivity contribution is -0.132. The molecule has 0 aromatic heterocycles. The lowest BCUT2D eigenvalue weighted by Gasteiger charge is -2.19. The second-order valence-corrected chi connectivity index (χ2v) is 6.43. The molecule has 1 N–H and O–H groups in total. The first-order valence-electron chi connectivity index (χ1n) is 8.40. The highest BCUT2D eigenvalue weighted by Crippen LogP contribution is 2.29. The molecule has 4 nitrogen and oxygen atoms in total. The molecular weight excluding hydrogens is 319 g/mol. The Morgan fingerprint density at radius 1 is 1.24 bits per heavy atom. The lowest BCUT2D eigenvalue weighted by Crippen LogP contribution is -2.38. The van der Waals surface area contributed by atoms with Crippen LogP contribution in [0, 0.1) is 18.7 Å². The van der Waals surface area contributed by atoms with E-state index in [4.69, 9.17) is 0 Å². The number of aryl methyl sites for hydroxylation is 1. The highest BCUT2D eigenvalue weighted by Gasteiger charge is 2.38. The molecule has 0 spiro atoms. The van der Waals surface area contributed by atoms with E-state index in [9.17, 15) is 14.0 Å². The normalized spacial score (nSPS) is 18.3. The molecule has 2 aromatic rings. The second-order valence-electron chi connectivity index (χ2n) is 6.43. The van der Waals surface area contributed by atoms with Crippen molar-refractivity contribution in [2.75, 3.05) is 11.4 Å². The van der Waals surface area contributed by atoms with E-state index in [1.807, 2.05) is 44.2 Å². The van der Waals surface area contributed by atoms with Crippen LogP contribution in [0.5, 0.6) is 0 Å². The number of hydrogen-bond acceptors (Lipinski definition) is 2. The molecule has 0 radical (unpaired) electrons. The predicted molar refractivity (Wildman–Crippen MR) is 94.6 cm³/mol. The van der Waals surface area contributed by atoms with Gasteiger partial charge in [-0.25, -0.2) is 4.39 Å². The topological polar surface area (TPSA) is 49.4 Å². The van der Waals surface area contributed by atoms with Gasteiger partial charge in [-0.05, 0) is 43.5 Å². The number of benzene rings is 2. The van der Waals surface area contributed by atoms with Crippen LogP contribution in [0.3, 0.4) is 0 Å². The van der Waals surface area contributed by atoms with Crippen LogP contribution in [0.1, 0.15) is 30.5 Å². The number of anilines is 1. The summed E-state index contributed by atoms with van der Waals surface area (Å²) >= 11 is 0. The van der Waals surface area contributed by atoms with E-state index < -0.39 is 11.7 Å². The third kappa shape index (κ3) is 3.55. The van der Waals surface area contributed by atoms with Crippen molar-refractivity contribution >= 4 is 17.5 Å². The summed E-state index contributed by atoms with van der Waals surface area (Å²) in [6, 6.07) is 14.0. The fourth-order valence-corrected chi connectivity index (χ4v) is 3.13. The number of carbonyl (C=O) groups is 2. The number of hydrogen-bond donors (Lipinski definition) is 1. The molecule has 130 valence electrons. The number of nitrogens with one attached hydrogen (secondary N) is 1. The van der Waals surface area contributed by atoms with E-state index in [0.29, 0.717) is 13.0 Å². The average Bonchev–Trinajstić information content (AvgIpc) is 2.99. The SMILES string of the molecule is Cc1ccc(F)c(N2CC[C@@H](C(=O)N[C@H](C)c3ccccc3)C2=O)c1. The number of amides is 2. The van der Waals surface area contributed by atoms with Gasteiger partial charge in [0.1, 0.15) is 11.7 Å². The Hall–Kier alpha value is -2.69. The largest absolute Gasteiger partial charge is 0.349 e. The van der Waals surface area contributed by atoms with Crippen LogP contribution in [0.25, 0.3) is 0 Å². The monoisotopic (exact) mass is 340 g/mol. The zero-order valence-corrected chi connectivity index (χ0v) is 14.3. The minimum Gasteiger partial charge on any atom is -0.349 e. The molecule has 1 aliphatic heterocycles. The molecule has 2 atom stereocenters. The minimum absolute atomic E-state index is 0.189. The van der Waals surface area contributed by atoms with Gasteiger partial charge in [-0.15, -0.1) is 0 Å². The molecule has 3 rings (SSSR count). The van der Waals surface area contributed by atoms with Crippen LogP contribution >= 0.6 is 0 Å². The van der Waals surface area contributed by atoms with Gasteiger partial charge in [0.05, 0.1) is 11.7 Å². The molecule has 0 unspecified atom stereocenters. The van der Waals surface area contributed by atoms with Crippen LogP contribution in [0.2, 0.25) is 0 Å². The van der Waals surface area contributed by atoms with Crippen LogP contribution in [-0.4, -0.2) is 18.4 Å². The molecule has 0 saturated carbocycles. The summed E-state index contributed by atoms with van der Waals surface area (Å²) in [5.74, 6) is -1.87. The molecule has 1 aliphatic rings. The third-order valence-electron chi connectivity index (χ3n) is 4.57. The highest BCUT2D eigenvalue weighted by atomic mass is 19.1. The average molecular weight is 340 g/mol. The van der Waals surface area contributed by atoms with Crippen molar-refractivity contribution < 1.29 is 14.0 Å². The maximum Gasteiger partial charge on any atom is 0.239 e. The van der Waals surface area contributed by atoms with Crippen molar-refractivity contribution in [2.24, 2.45) is 5.92 Å². The third-order valence-corrected chi connectivity index (χ3v) is 4.57. The molecule has 1 saturated heterocycles. The first-order chi connectivity index (χ1) is 12.0. The van der Waals surface area contributed by atoms with Gasteiger partial charge in [0.25, 0.3) is 0 Å². The molecule has 0 bridgehead atoms. The van der Waals surface area contributed by atoms with E-state index >= 15 is 0 Å². The van der Waals surface area contributed by atoms with Gasteiger partial charge < -0.3 is 10.2 Å². The van der Waals surface area contributed by atoms with Crippen molar-refractivity contribution in [2.45, 2.75) is 26.3 Å². The molecule has 5 heteroatoms. The van der Waals surface area contributed by atoms with Gasteiger partial charge in [0.2, 0.25) is 11.8 Å². The number of halogens is 1. The Balaban J connectivity index is 1.71. The summed E-state index contributed by atoms with van der Waals surface area (Å²) in [5.41, 5.74) is 2.09. The minimum atomic E-state index is -0.772. The molecule has 1 fully saturated rings. The van der Waals surface area contributed by atoms with Gasteiger partial charge in [-0.1, -0.05) is 36.4 Å². The fourth-order valence-electron chi connectivity index (χ4n) is 3.13. The molecule has 0 aliphatic carbocycles. The van der Waals surface area contributed by atoms with Crippen LogP contribution in [0.4, 0.5) is 10.1 Å². The van der Waals surface area contributed by atoms with E-state index in [1.54, 1.807) is 12.1 Å². The fraction of sp³-hybridized carbons (Fsp3) is 0.300. The Morgan fingerprint density at radius 3 is 2.68 bits per heavy atom. The van der Waals surface area contributed by atoms with Gasteiger partial charge >= 0.3 is 0 Å². The van der Waals surface area contributed by atoms with Crippen LogP contribution < -0.4 is 10.2 Å². The zero-order chi connectivity index (χ0) is 18.0. The van der Waals surface area contributed by atoms with Crippen molar-refractivity contribution in [3.63, 3.8) is 0 Å². The van der Waals surface area contributed by atoms with Gasteiger partial charge in [0.15, 0.2) is 0 Å². The Kier molecular flexibility index (Phi) is 4.83. The van der Waals surface area contributed by atoms with E-state index in [2.05, 4.69) is 5.32 Å². The van der Waals surface area contributed by atoms with Crippen molar-refractivity contribution in [3.8, 4) is 0 Å². The van der Waals surface area contributed by atoms with Gasteiger partial charge in [0, 0.05) is 6.54 Å². The summed E-state index contributed by atoms with van der Waals surface area (Å²) in [6.07, 6.45) is 0.388. The number of rotatable bonds is 4. The molecule has 25 heavy (non-hydrogen) atoms. The zero-order valence-electron chi connectivity index (χ0n) is 14.3. The Morgan fingerprint density at radius 2 is 1.96 bits per heavy atom. The van der Waals surface area contributed by atoms with Crippen molar-refractivity contribution in [1.29, 1.82) is 0 Å². The van der Waals surface area contributed by atoms with Crippen molar-refractivity contribution in [1.82, 2.24) is 5.32 Å². The number of carbonyl (C=O) groups excluding carboxylic acids is 2. The first kappa shape index (κ1) is 17.1. The number of nitrogens with zero attached hydrogens (tertiary/aromatic N) is 1. The maximum absolute atomic E-state index is 14.1. The quantitative estimate of drug-likeness (QED) is 0.868. The van der Waals surface area contributed by atoms with E-state index in [-0.39, 0.29) is 23.5 Å². The van der Waals surface area contributed by atoms with Crippen molar-refractivity contribution in [3.05, 3.63) is 65.5 Å². The maximum atomic E-state index is 14.1. The standard InChI is InChI=1S/C20H21FN2O2/c1-13-8-9-17(21)18(12-13)23-11-10-16(20(23)25)19(24)22-14(2)15-6-4-3-5-7-15/h3-9,12,14,16H,10-11H2,1-2H3,(H,22,24)/t14-,16+/m1/s1. The summed E-state index contributed by atoms with van der Waals surface area (Å²) < 4.78 is 14.1. The lowest BCUT2D eigenvalue weighted by atomic mass is 10.0. The smallest absolute Gasteiger partial charge is 0.239 e. The van der Waals surface area contributed by atoms with E-state index in [1.165, 1.54) is 11.0 Å².